The Kier molecular flexibility index (Phi) is 3.43. The highest BCUT2D eigenvalue weighted by Gasteiger charge is 2.20. The molecule has 0 fully saturated rings. The molecule has 0 saturated heterocycles. The van der Waals surface area contributed by atoms with Crippen LogP contribution in [0.4, 0.5) is 5.69 Å². The van der Waals surface area contributed by atoms with Crippen LogP contribution in [0.1, 0.15) is 18.5 Å². The topological polar surface area (TPSA) is 55.2 Å². The van der Waals surface area contributed by atoms with Gasteiger partial charge in [-0.3, -0.25) is 10.1 Å². The summed E-state index contributed by atoms with van der Waals surface area (Å²) in [6, 6.07) is 4.54. The first-order valence-corrected chi connectivity index (χ1v) is 4.55. The van der Waals surface area contributed by atoms with Crippen LogP contribution in [-0.2, 0) is 0 Å². The van der Waals surface area contributed by atoms with E-state index >= 15 is 0 Å². The largest absolute Gasteiger partial charge is 0.313 e. The molecule has 1 N–H and O–H groups in total. The normalized spacial score (nSPS) is 12.5. The summed E-state index contributed by atoms with van der Waals surface area (Å²) in [5, 5.41) is 14.1. The first-order valence-electron chi connectivity index (χ1n) is 4.18. The van der Waals surface area contributed by atoms with Gasteiger partial charge in [0.15, 0.2) is 0 Å². The van der Waals surface area contributed by atoms with Crippen molar-refractivity contribution in [1.82, 2.24) is 5.32 Å². The van der Waals surface area contributed by atoms with Gasteiger partial charge in [0.2, 0.25) is 0 Å². The van der Waals surface area contributed by atoms with Crippen molar-refractivity contribution >= 4 is 17.3 Å². The van der Waals surface area contributed by atoms with E-state index in [-0.39, 0.29) is 11.7 Å². The summed E-state index contributed by atoms with van der Waals surface area (Å²) in [5.74, 6) is 0. The lowest BCUT2D eigenvalue weighted by molar-refractivity contribution is -0.385. The number of nitrogens with one attached hydrogen (secondary N) is 1. The summed E-state index contributed by atoms with van der Waals surface area (Å²) < 4.78 is 0. The van der Waals surface area contributed by atoms with Crippen LogP contribution >= 0.6 is 11.6 Å². The molecule has 0 bridgehead atoms. The maximum Gasteiger partial charge on any atom is 0.275 e. The maximum atomic E-state index is 10.7. The summed E-state index contributed by atoms with van der Waals surface area (Å²) in [7, 11) is 1.73. The molecule has 0 aliphatic heterocycles. The number of hydrogen-bond acceptors (Lipinski definition) is 3. The van der Waals surface area contributed by atoms with Gasteiger partial charge in [-0.1, -0.05) is 17.7 Å². The molecule has 0 heterocycles. The van der Waals surface area contributed by atoms with E-state index in [0.717, 1.165) is 0 Å². The smallest absolute Gasteiger partial charge is 0.275 e. The van der Waals surface area contributed by atoms with Crippen LogP contribution < -0.4 is 5.32 Å². The number of nitro benzene ring substituents is 1. The van der Waals surface area contributed by atoms with Gasteiger partial charge in [0.05, 0.1) is 15.5 Å². The van der Waals surface area contributed by atoms with Crippen molar-refractivity contribution in [3.8, 4) is 0 Å². The van der Waals surface area contributed by atoms with Crippen LogP contribution in [0.3, 0.4) is 0 Å². The Labute approximate surface area is 87.0 Å². The molecule has 5 heteroatoms. The number of halogens is 1. The molecule has 0 radical (unpaired) electrons. The molecule has 1 rings (SSSR count). The quantitative estimate of drug-likeness (QED) is 0.622. The molecule has 0 spiro atoms. The van der Waals surface area contributed by atoms with Gasteiger partial charge in [0.25, 0.3) is 5.69 Å². The average Bonchev–Trinajstić information content (AvgIpc) is 2.16. The zero-order chi connectivity index (χ0) is 10.7. The van der Waals surface area contributed by atoms with Crippen molar-refractivity contribution in [1.29, 1.82) is 0 Å². The molecule has 1 unspecified atom stereocenters. The second-order valence-corrected chi connectivity index (χ2v) is 3.35. The zero-order valence-corrected chi connectivity index (χ0v) is 8.71. The van der Waals surface area contributed by atoms with Crippen molar-refractivity contribution in [3.63, 3.8) is 0 Å². The molecule has 1 aromatic rings. The molecular formula is C9H11ClN2O2. The first-order chi connectivity index (χ1) is 6.57. The third kappa shape index (κ3) is 2.02. The molecule has 0 aromatic heterocycles. The van der Waals surface area contributed by atoms with E-state index in [9.17, 15) is 10.1 Å². The van der Waals surface area contributed by atoms with Gasteiger partial charge >= 0.3 is 0 Å². The highest BCUT2D eigenvalue weighted by molar-refractivity contribution is 6.31. The summed E-state index contributed by atoms with van der Waals surface area (Å²) >= 11 is 5.90. The summed E-state index contributed by atoms with van der Waals surface area (Å²) in [4.78, 5) is 10.3. The highest BCUT2D eigenvalue weighted by Crippen LogP contribution is 2.31. The Morgan fingerprint density at radius 3 is 2.71 bits per heavy atom. The predicted octanol–water partition coefficient (Wildman–Crippen LogP) is 2.53. The van der Waals surface area contributed by atoms with Crippen molar-refractivity contribution in [3.05, 3.63) is 38.9 Å². The lowest BCUT2D eigenvalue weighted by Gasteiger charge is -2.12. The van der Waals surface area contributed by atoms with Crippen LogP contribution in [0.5, 0.6) is 0 Å². The van der Waals surface area contributed by atoms with Gasteiger partial charge in [0.1, 0.15) is 0 Å². The van der Waals surface area contributed by atoms with E-state index in [1.165, 1.54) is 6.07 Å². The van der Waals surface area contributed by atoms with Crippen LogP contribution in [0.25, 0.3) is 0 Å². The fourth-order valence-electron chi connectivity index (χ4n) is 1.26. The van der Waals surface area contributed by atoms with Gasteiger partial charge < -0.3 is 5.32 Å². The predicted molar refractivity (Wildman–Crippen MR) is 55.6 cm³/mol. The van der Waals surface area contributed by atoms with Gasteiger partial charge in [-0.2, -0.15) is 0 Å². The maximum absolute atomic E-state index is 10.7. The first kappa shape index (κ1) is 10.9. The Hall–Kier alpha value is -1.13. The Balaban J connectivity index is 3.29. The van der Waals surface area contributed by atoms with E-state index in [4.69, 9.17) is 11.6 Å². The second-order valence-electron chi connectivity index (χ2n) is 2.94. The summed E-state index contributed by atoms with van der Waals surface area (Å²) in [5.41, 5.74) is 0.584. The van der Waals surface area contributed by atoms with Gasteiger partial charge in [0, 0.05) is 12.1 Å². The number of hydrogen-bond donors (Lipinski definition) is 1. The van der Waals surface area contributed by atoms with Gasteiger partial charge in [-0.25, -0.2) is 0 Å². The van der Waals surface area contributed by atoms with Gasteiger partial charge in [-0.05, 0) is 20.0 Å². The molecule has 76 valence electrons. The fraction of sp³-hybridized carbons (Fsp3) is 0.333. The number of nitro groups is 1. The second kappa shape index (κ2) is 4.39. The van der Waals surface area contributed by atoms with Gasteiger partial charge in [-0.15, -0.1) is 0 Å². The molecular weight excluding hydrogens is 204 g/mol. The Bertz CT molecular complexity index is 355. The third-order valence-corrected chi connectivity index (χ3v) is 2.42. The SMILES string of the molecule is CNC(C)c1c(Cl)cccc1[N+](=O)[O-]. The minimum Gasteiger partial charge on any atom is -0.313 e. The summed E-state index contributed by atoms with van der Waals surface area (Å²) in [6.45, 7) is 1.83. The molecule has 0 aliphatic carbocycles. The fourth-order valence-corrected chi connectivity index (χ4v) is 1.59. The van der Waals surface area contributed by atoms with E-state index in [1.54, 1.807) is 19.2 Å². The molecule has 14 heavy (non-hydrogen) atoms. The molecule has 4 nitrogen and oxygen atoms in total. The molecule has 0 amide bonds. The van der Waals surface area contributed by atoms with Crippen LogP contribution in [-0.4, -0.2) is 12.0 Å². The minimum atomic E-state index is -0.422. The average molecular weight is 215 g/mol. The van der Waals surface area contributed by atoms with Crippen molar-refractivity contribution in [2.45, 2.75) is 13.0 Å². The van der Waals surface area contributed by atoms with Crippen LogP contribution in [0.2, 0.25) is 5.02 Å². The summed E-state index contributed by atoms with van der Waals surface area (Å²) in [6.07, 6.45) is 0. The molecule has 1 aromatic carbocycles. The van der Waals surface area contributed by atoms with Crippen LogP contribution in [0, 0.1) is 10.1 Å². The van der Waals surface area contributed by atoms with E-state index in [0.29, 0.717) is 10.6 Å². The monoisotopic (exact) mass is 214 g/mol. The van der Waals surface area contributed by atoms with Crippen LogP contribution in [0.15, 0.2) is 18.2 Å². The third-order valence-electron chi connectivity index (χ3n) is 2.09. The van der Waals surface area contributed by atoms with Crippen molar-refractivity contribution in [2.75, 3.05) is 7.05 Å². The minimum absolute atomic E-state index is 0.0550. The Morgan fingerprint density at radius 1 is 1.57 bits per heavy atom. The van der Waals surface area contributed by atoms with Crippen molar-refractivity contribution in [2.24, 2.45) is 0 Å². The lowest BCUT2D eigenvalue weighted by Crippen LogP contribution is -2.14. The van der Waals surface area contributed by atoms with E-state index < -0.39 is 4.92 Å². The number of nitrogens with zero attached hydrogens (tertiary/aromatic N) is 1. The Morgan fingerprint density at radius 2 is 2.21 bits per heavy atom. The van der Waals surface area contributed by atoms with Crippen molar-refractivity contribution < 1.29 is 4.92 Å². The van der Waals surface area contributed by atoms with E-state index in [1.807, 2.05) is 6.92 Å². The van der Waals surface area contributed by atoms with E-state index in [2.05, 4.69) is 5.32 Å². The molecule has 0 saturated carbocycles. The highest BCUT2D eigenvalue weighted by atomic mass is 35.5. The number of rotatable bonds is 3. The number of benzene rings is 1. The lowest BCUT2D eigenvalue weighted by atomic mass is 10.1. The molecule has 1 atom stereocenters. The zero-order valence-electron chi connectivity index (χ0n) is 7.95. The molecule has 0 aliphatic rings. The standard InChI is InChI=1S/C9H11ClN2O2/c1-6(11-2)9-7(10)4-3-5-8(9)12(13)14/h3-6,11H,1-2H3.